The highest BCUT2D eigenvalue weighted by Crippen LogP contribution is 2.47. The molecule has 0 unspecified atom stereocenters. The smallest absolute Gasteiger partial charge is 0.110 e. The van der Waals surface area contributed by atoms with Gasteiger partial charge in [0.05, 0.1) is 61.2 Å². The summed E-state index contributed by atoms with van der Waals surface area (Å²) in [7, 11) is 0. The molecular formula is C85H58N8. The van der Waals surface area contributed by atoms with E-state index in [0.717, 1.165) is 178 Å². The van der Waals surface area contributed by atoms with Crippen molar-refractivity contribution in [2.24, 2.45) is 0 Å². The number of nitrogens with zero attached hydrogens (tertiary/aromatic N) is 8. The highest BCUT2D eigenvalue weighted by molar-refractivity contribution is 6.15. The van der Waals surface area contributed by atoms with Crippen molar-refractivity contribution in [1.82, 2.24) is 38.3 Å². The van der Waals surface area contributed by atoms with Crippen molar-refractivity contribution < 1.29 is 0 Å². The van der Waals surface area contributed by atoms with Crippen LogP contribution in [0.1, 0.15) is 23.0 Å². The third-order valence-corrected chi connectivity index (χ3v) is 19.1. The second-order valence-electron chi connectivity index (χ2n) is 24.5. The molecule has 0 aliphatic heterocycles. The minimum atomic E-state index is 0.919. The molecule has 93 heavy (non-hydrogen) atoms. The van der Waals surface area contributed by atoms with Crippen LogP contribution in [-0.4, -0.2) is 38.3 Å². The average Bonchev–Trinajstić information content (AvgIpc) is 1.72. The number of benzene rings is 10. The summed E-state index contributed by atoms with van der Waals surface area (Å²) in [6.07, 6.45) is 5.66. The molecule has 18 rings (SSSR count). The van der Waals surface area contributed by atoms with Gasteiger partial charge in [-0.05, 0) is 209 Å². The van der Waals surface area contributed by atoms with Crippen LogP contribution in [0.5, 0.6) is 0 Å². The fraction of sp³-hybridized carbons (Fsp3) is 0.0471. The third-order valence-electron chi connectivity index (χ3n) is 19.1. The Morgan fingerprint density at radius 3 is 1.27 bits per heavy atom. The Balaban J connectivity index is 0.867. The van der Waals surface area contributed by atoms with Gasteiger partial charge in [0.25, 0.3) is 0 Å². The Morgan fingerprint density at radius 1 is 0.258 bits per heavy atom. The number of aromatic nitrogens is 8. The van der Waals surface area contributed by atoms with Crippen LogP contribution in [0.2, 0.25) is 0 Å². The molecule has 0 radical (unpaired) electrons. The number of hydrogen-bond donors (Lipinski definition) is 0. The van der Waals surface area contributed by atoms with Crippen molar-refractivity contribution in [2.75, 3.05) is 0 Å². The van der Waals surface area contributed by atoms with Gasteiger partial charge in [-0.15, -0.1) is 0 Å². The summed E-state index contributed by atoms with van der Waals surface area (Å²) in [5.41, 5.74) is 29.2. The van der Waals surface area contributed by atoms with Gasteiger partial charge in [-0.2, -0.15) is 0 Å². The first-order valence-corrected chi connectivity index (χ1v) is 31.7. The molecule has 0 N–H and O–H groups in total. The van der Waals surface area contributed by atoms with Crippen LogP contribution in [-0.2, 0) is 0 Å². The molecule has 8 nitrogen and oxygen atoms in total. The minimum Gasteiger partial charge on any atom is -0.309 e. The third kappa shape index (κ3) is 8.56. The number of aryl methyl sites for hydroxylation is 4. The van der Waals surface area contributed by atoms with E-state index in [1.165, 1.54) is 16.3 Å². The molecule has 10 aromatic carbocycles. The molecule has 0 amide bonds. The molecule has 438 valence electrons. The standard InChI is InChI=1S/C85H58N8/c1-51-84-73-29-18-42-87-82(73)71-38-33-56(49-80(71)91(84)53(3)89-51)63-22-8-10-24-65(63)59-44-60(66-25-11-9-23-64(66)57-34-39-72-81(50-57)92-54(4)90-52(2)85(92)74-30-19-43-88-83(72)74)46-61(45-59)67-26-12-13-27-68(67)69-37-35-58(77-31-16-17-41-86-77)48-75(69)55-36-40-79-76(47-55)70-28-14-15-32-78(70)93(79)62-20-6-5-7-21-62/h5-50H,1-4H3. The highest BCUT2D eigenvalue weighted by atomic mass is 15.0. The molecule has 0 atom stereocenters. The maximum Gasteiger partial charge on any atom is 0.110 e. The summed E-state index contributed by atoms with van der Waals surface area (Å²) < 4.78 is 7.02. The van der Waals surface area contributed by atoms with E-state index in [4.69, 9.17) is 24.9 Å². The van der Waals surface area contributed by atoms with Gasteiger partial charge < -0.3 is 4.57 Å². The molecule has 0 aliphatic carbocycles. The second kappa shape index (κ2) is 21.3. The first kappa shape index (κ1) is 53.9. The molecule has 0 fully saturated rings. The highest BCUT2D eigenvalue weighted by Gasteiger charge is 2.23. The Morgan fingerprint density at radius 2 is 0.699 bits per heavy atom. The lowest BCUT2D eigenvalue weighted by molar-refractivity contribution is 1.07. The first-order valence-electron chi connectivity index (χ1n) is 31.7. The average molecular weight is 1190 g/mol. The first-order chi connectivity index (χ1) is 45.8. The van der Waals surface area contributed by atoms with E-state index in [9.17, 15) is 0 Å². The van der Waals surface area contributed by atoms with E-state index in [1.807, 2.05) is 36.8 Å². The largest absolute Gasteiger partial charge is 0.309 e. The Hall–Kier alpha value is -12.1. The van der Waals surface area contributed by atoms with E-state index < -0.39 is 0 Å². The second-order valence-corrected chi connectivity index (χ2v) is 24.5. The SMILES string of the molecule is Cc1nc(C)n2c3cc(-c4ccccc4-c4cc(-c5ccccc5-c5ccc6c7ncccc7c7c(C)nc(C)n7c6c5)cc(-c5ccccc5-c5ccc(-c6ccccn6)cc5-c5ccc6c(c5)c5ccccc5n6-c5ccccc5)c4)ccc3c3ncccc3c12. The number of para-hydroxylation sites is 2. The van der Waals surface area contributed by atoms with E-state index in [2.05, 4.69) is 284 Å². The van der Waals surface area contributed by atoms with Crippen molar-refractivity contribution in [3.05, 3.63) is 302 Å². The lowest BCUT2D eigenvalue weighted by atomic mass is 9.84. The van der Waals surface area contributed by atoms with E-state index in [0.29, 0.717) is 0 Å². The Bertz CT molecular complexity index is 5880. The van der Waals surface area contributed by atoms with Crippen LogP contribution < -0.4 is 0 Å². The summed E-state index contributed by atoms with van der Waals surface area (Å²) in [6.45, 7) is 8.41. The van der Waals surface area contributed by atoms with Crippen molar-refractivity contribution in [3.8, 4) is 94.8 Å². The van der Waals surface area contributed by atoms with Gasteiger partial charge in [0, 0.05) is 62.2 Å². The number of fused-ring (bicyclic) bond motifs is 15. The topological polar surface area (TPSA) is 78.2 Å². The van der Waals surface area contributed by atoms with Gasteiger partial charge >= 0.3 is 0 Å². The van der Waals surface area contributed by atoms with Gasteiger partial charge in [0.2, 0.25) is 0 Å². The van der Waals surface area contributed by atoms with E-state index in [1.54, 1.807) is 0 Å². The van der Waals surface area contributed by atoms with Crippen LogP contribution in [0.4, 0.5) is 0 Å². The van der Waals surface area contributed by atoms with Crippen LogP contribution in [0, 0.1) is 27.7 Å². The molecule has 18 aromatic rings. The molecule has 0 spiro atoms. The van der Waals surface area contributed by atoms with Crippen LogP contribution in [0.3, 0.4) is 0 Å². The zero-order chi connectivity index (χ0) is 62.0. The molecule has 0 bridgehead atoms. The zero-order valence-electron chi connectivity index (χ0n) is 51.6. The lowest BCUT2D eigenvalue weighted by Crippen LogP contribution is -1.96. The summed E-state index contributed by atoms with van der Waals surface area (Å²) in [5, 5.41) is 6.76. The van der Waals surface area contributed by atoms with E-state index >= 15 is 0 Å². The lowest BCUT2D eigenvalue weighted by Gasteiger charge is -2.20. The fourth-order valence-electron chi connectivity index (χ4n) is 15.1. The van der Waals surface area contributed by atoms with E-state index in [-0.39, 0.29) is 0 Å². The summed E-state index contributed by atoms with van der Waals surface area (Å²) in [6, 6.07) is 95.5. The number of rotatable bonds is 9. The minimum absolute atomic E-state index is 0.919. The molecule has 8 heterocycles. The Kier molecular flexibility index (Phi) is 12.3. The van der Waals surface area contributed by atoms with Gasteiger partial charge in [-0.1, -0.05) is 158 Å². The summed E-state index contributed by atoms with van der Waals surface area (Å²) in [4.78, 5) is 24.9. The molecular weight excluding hydrogens is 1130 g/mol. The van der Waals surface area contributed by atoms with Gasteiger partial charge in [-0.25, -0.2) is 9.97 Å². The van der Waals surface area contributed by atoms with Crippen LogP contribution >= 0.6 is 0 Å². The fourth-order valence-corrected chi connectivity index (χ4v) is 15.1. The monoisotopic (exact) mass is 1190 g/mol. The predicted octanol–water partition coefficient (Wildman–Crippen LogP) is 21.4. The number of pyridine rings is 5. The molecule has 8 heteroatoms. The van der Waals surface area contributed by atoms with Crippen LogP contribution in [0.15, 0.2) is 279 Å². The number of imidazole rings is 2. The van der Waals surface area contributed by atoms with Gasteiger partial charge in [0.1, 0.15) is 11.6 Å². The van der Waals surface area contributed by atoms with Crippen molar-refractivity contribution in [1.29, 1.82) is 0 Å². The molecule has 0 saturated heterocycles. The number of hydrogen-bond acceptors (Lipinski definition) is 5. The maximum atomic E-state index is 5.04. The molecule has 8 aromatic heterocycles. The Labute approximate surface area is 536 Å². The van der Waals surface area contributed by atoms with Gasteiger partial charge in [-0.3, -0.25) is 23.8 Å². The quantitative estimate of drug-likeness (QED) is 0.135. The van der Waals surface area contributed by atoms with Gasteiger partial charge in [0.15, 0.2) is 0 Å². The molecule has 0 saturated carbocycles. The van der Waals surface area contributed by atoms with Crippen molar-refractivity contribution >= 4 is 76.5 Å². The maximum absolute atomic E-state index is 5.04. The normalized spacial score (nSPS) is 11.9. The van der Waals surface area contributed by atoms with Crippen molar-refractivity contribution in [2.45, 2.75) is 27.7 Å². The van der Waals surface area contributed by atoms with Crippen molar-refractivity contribution in [3.63, 3.8) is 0 Å². The summed E-state index contributed by atoms with van der Waals surface area (Å²) >= 11 is 0. The van der Waals surface area contributed by atoms with Crippen LogP contribution in [0.25, 0.3) is 171 Å². The molecule has 0 aliphatic rings. The zero-order valence-corrected chi connectivity index (χ0v) is 51.6. The summed E-state index contributed by atoms with van der Waals surface area (Å²) in [5.74, 6) is 1.89. The predicted molar refractivity (Wildman–Crippen MR) is 384 cm³/mol.